The number of nitro benzene ring substituents is 1. The third-order valence-electron chi connectivity index (χ3n) is 2.25. The van der Waals surface area contributed by atoms with Gasteiger partial charge in [0, 0.05) is 23.9 Å². The highest BCUT2D eigenvalue weighted by atomic mass is 32.1. The van der Waals surface area contributed by atoms with Crippen LogP contribution >= 0.6 is 12.2 Å². The molecule has 0 heterocycles. The Morgan fingerprint density at radius 2 is 2.00 bits per heavy atom. The monoisotopic (exact) mass is 237 g/mol. The van der Waals surface area contributed by atoms with Crippen molar-refractivity contribution in [3.8, 4) is 0 Å². The van der Waals surface area contributed by atoms with Gasteiger partial charge < -0.3 is 10.6 Å². The second-order valence-electron chi connectivity index (χ2n) is 3.68. The summed E-state index contributed by atoms with van der Waals surface area (Å²) in [6.45, 7) is 0. The molecule has 0 bridgehead atoms. The minimum Gasteiger partial charge on any atom is -0.360 e. The zero-order chi connectivity index (χ0) is 11.5. The normalized spacial score (nSPS) is 14.2. The average Bonchev–Trinajstić information content (AvgIpc) is 3.02. The maximum atomic E-state index is 10.4. The molecule has 1 aromatic carbocycles. The molecule has 0 radical (unpaired) electrons. The molecule has 1 aliphatic rings. The van der Waals surface area contributed by atoms with Crippen LogP contribution in [0, 0.1) is 10.1 Å². The molecule has 0 spiro atoms. The zero-order valence-corrected chi connectivity index (χ0v) is 9.29. The first-order chi connectivity index (χ1) is 7.65. The van der Waals surface area contributed by atoms with Crippen molar-refractivity contribution in [3.63, 3.8) is 0 Å². The summed E-state index contributed by atoms with van der Waals surface area (Å²) in [5.41, 5.74) is 0.829. The van der Waals surface area contributed by atoms with Crippen LogP contribution in [0.3, 0.4) is 0 Å². The zero-order valence-electron chi connectivity index (χ0n) is 8.47. The fourth-order valence-electron chi connectivity index (χ4n) is 1.25. The van der Waals surface area contributed by atoms with Crippen LogP contribution in [0.25, 0.3) is 0 Å². The number of nitrogens with one attached hydrogen (secondary N) is 2. The number of nitro groups is 1. The first-order valence-electron chi connectivity index (χ1n) is 4.97. The van der Waals surface area contributed by atoms with Gasteiger partial charge in [0.15, 0.2) is 5.11 Å². The molecule has 0 amide bonds. The molecule has 2 N–H and O–H groups in total. The van der Waals surface area contributed by atoms with E-state index in [-0.39, 0.29) is 5.69 Å². The molecule has 5 nitrogen and oxygen atoms in total. The van der Waals surface area contributed by atoms with Crippen molar-refractivity contribution >= 4 is 28.7 Å². The number of thiocarbonyl (C=S) groups is 1. The number of rotatable bonds is 3. The molecular weight excluding hydrogens is 226 g/mol. The molecule has 1 aromatic rings. The Hall–Kier alpha value is -1.69. The molecule has 6 heteroatoms. The number of hydrogen-bond donors (Lipinski definition) is 2. The molecule has 0 atom stereocenters. The van der Waals surface area contributed by atoms with Crippen LogP contribution in [0.1, 0.15) is 12.8 Å². The third kappa shape index (κ3) is 2.90. The Morgan fingerprint density at radius 3 is 2.50 bits per heavy atom. The van der Waals surface area contributed by atoms with Crippen LogP contribution in [0.5, 0.6) is 0 Å². The van der Waals surface area contributed by atoms with Gasteiger partial charge in [-0.1, -0.05) is 0 Å². The van der Waals surface area contributed by atoms with Crippen molar-refractivity contribution in [1.82, 2.24) is 5.32 Å². The minimum absolute atomic E-state index is 0.0756. The van der Waals surface area contributed by atoms with E-state index in [9.17, 15) is 10.1 Å². The third-order valence-corrected chi connectivity index (χ3v) is 2.47. The smallest absolute Gasteiger partial charge is 0.269 e. The predicted molar refractivity (Wildman–Crippen MR) is 65.5 cm³/mol. The highest BCUT2D eigenvalue weighted by molar-refractivity contribution is 7.80. The van der Waals surface area contributed by atoms with Crippen LogP contribution < -0.4 is 10.6 Å². The Balaban J connectivity index is 1.93. The van der Waals surface area contributed by atoms with E-state index in [1.165, 1.54) is 12.1 Å². The second kappa shape index (κ2) is 4.44. The summed E-state index contributed by atoms with van der Waals surface area (Å²) in [5.74, 6) is 0. The molecule has 0 saturated heterocycles. The Bertz CT molecular complexity index is 415. The van der Waals surface area contributed by atoms with Crippen molar-refractivity contribution in [2.75, 3.05) is 5.32 Å². The van der Waals surface area contributed by atoms with Gasteiger partial charge in [0.25, 0.3) is 5.69 Å². The van der Waals surface area contributed by atoms with Crippen LogP contribution in [0.15, 0.2) is 24.3 Å². The summed E-state index contributed by atoms with van der Waals surface area (Å²) < 4.78 is 0. The van der Waals surface area contributed by atoms with Gasteiger partial charge in [-0.15, -0.1) is 0 Å². The SMILES string of the molecule is O=[N+]([O-])c1ccc(NC(=S)NC2CC2)cc1. The Labute approximate surface area is 98.0 Å². The number of nitrogens with zero attached hydrogens (tertiary/aromatic N) is 1. The molecule has 16 heavy (non-hydrogen) atoms. The van der Waals surface area contributed by atoms with E-state index in [2.05, 4.69) is 10.6 Å². The lowest BCUT2D eigenvalue weighted by molar-refractivity contribution is -0.384. The van der Waals surface area contributed by atoms with Gasteiger partial charge in [-0.05, 0) is 37.2 Å². The van der Waals surface area contributed by atoms with Crippen LogP contribution in [-0.4, -0.2) is 16.1 Å². The minimum atomic E-state index is -0.426. The molecule has 1 saturated carbocycles. The molecule has 0 aromatic heterocycles. The van der Waals surface area contributed by atoms with Crippen LogP contribution in [0.4, 0.5) is 11.4 Å². The molecule has 0 unspecified atom stereocenters. The molecule has 1 aliphatic carbocycles. The summed E-state index contributed by atoms with van der Waals surface area (Å²) in [5, 5.41) is 17.1. The topological polar surface area (TPSA) is 67.2 Å². The average molecular weight is 237 g/mol. The molecule has 0 aliphatic heterocycles. The van der Waals surface area contributed by atoms with E-state index >= 15 is 0 Å². The van der Waals surface area contributed by atoms with E-state index < -0.39 is 4.92 Å². The molecular formula is C10H11N3O2S. The summed E-state index contributed by atoms with van der Waals surface area (Å²) in [6, 6.07) is 6.67. The maximum absolute atomic E-state index is 10.4. The Kier molecular flexibility index (Phi) is 3.00. The summed E-state index contributed by atoms with van der Waals surface area (Å²) >= 11 is 5.08. The van der Waals surface area contributed by atoms with Crippen molar-refractivity contribution in [2.24, 2.45) is 0 Å². The van der Waals surface area contributed by atoms with Gasteiger partial charge in [-0.2, -0.15) is 0 Å². The number of non-ortho nitro benzene ring substituents is 1. The van der Waals surface area contributed by atoms with Gasteiger partial charge in [0.2, 0.25) is 0 Å². The van der Waals surface area contributed by atoms with E-state index in [0.717, 1.165) is 18.5 Å². The molecule has 1 fully saturated rings. The highest BCUT2D eigenvalue weighted by Crippen LogP contribution is 2.19. The standard InChI is InChI=1S/C10H11N3O2S/c14-13(15)9-5-3-8(4-6-9)12-10(16)11-7-1-2-7/h3-7H,1-2H2,(H2,11,12,16). The summed E-state index contributed by atoms with van der Waals surface area (Å²) in [6.07, 6.45) is 2.31. The quantitative estimate of drug-likeness (QED) is 0.478. The van der Waals surface area contributed by atoms with Gasteiger partial charge in [0.1, 0.15) is 0 Å². The van der Waals surface area contributed by atoms with Crippen LogP contribution in [-0.2, 0) is 0 Å². The van der Waals surface area contributed by atoms with E-state index in [1.807, 2.05) is 0 Å². The van der Waals surface area contributed by atoms with E-state index in [0.29, 0.717) is 11.2 Å². The number of hydrogen-bond acceptors (Lipinski definition) is 3. The maximum Gasteiger partial charge on any atom is 0.269 e. The Morgan fingerprint density at radius 1 is 1.38 bits per heavy atom. The lowest BCUT2D eigenvalue weighted by Gasteiger charge is -2.08. The van der Waals surface area contributed by atoms with Crippen molar-refractivity contribution in [3.05, 3.63) is 34.4 Å². The van der Waals surface area contributed by atoms with Gasteiger partial charge in [-0.3, -0.25) is 10.1 Å². The fraction of sp³-hybridized carbons (Fsp3) is 0.300. The van der Waals surface area contributed by atoms with Gasteiger partial charge >= 0.3 is 0 Å². The summed E-state index contributed by atoms with van der Waals surface area (Å²) in [7, 11) is 0. The second-order valence-corrected chi connectivity index (χ2v) is 4.08. The fourth-order valence-corrected chi connectivity index (χ4v) is 1.53. The number of benzene rings is 1. The van der Waals surface area contributed by atoms with E-state index in [1.54, 1.807) is 12.1 Å². The first kappa shape index (κ1) is 10.8. The van der Waals surface area contributed by atoms with Crippen LogP contribution in [0.2, 0.25) is 0 Å². The first-order valence-corrected chi connectivity index (χ1v) is 5.38. The van der Waals surface area contributed by atoms with Crippen molar-refractivity contribution < 1.29 is 4.92 Å². The lowest BCUT2D eigenvalue weighted by atomic mass is 10.3. The van der Waals surface area contributed by atoms with Gasteiger partial charge in [-0.25, -0.2) is 0 Å². The number of anilines is 1. The predicted octanol–water partition coefficient (Wildman–Crippen LogP) is 2.04. The largest absolute Gasteiger partial charge is 0.360 e. The highest BCUT2D eigenvalue weighted by Gasteiger charge is 2.21. The molecule has 2 rings (SSSR count). The lowest BCUT2D eigenvalue weighted by Crippen LogP contribution is -2.30. The van der Waals surface area contributed by atoms with Crippen molar-refractivity contribution in [2.45, 2.75) is 18.9 Å². The van der Waals surface area contributed by atoms with E-state index in [4.69, 9.17) is 12.2 Å². The summed E-state index contributed by atoms with van der Waals surface area (Å²) in [4.78, 5) is 10.0. The van der Waals surface area contributed by atoms with Gasteiger partial charge in [0.05, 0.1) is 4.92 Å². The van der Waals surface area contributed by atoms with Crippen molar-refractivity contribution in [1.29, 1.82) is 0 Å². The molecule has 84 valence electrons.